The third kappa shape index (κ3) is 5.95. The van der Waals surface area contributed by atoms with Gasteiger partial charge in [0, 0.05) is 17.5 Å². The van der Waals surface area contributed by atoms with E-state index in [9.17, 15) is 23.1 Å². The number of nitrogens with one attached hydrogen (secondary N) is 1. The average Bonchev–Trinajstić information content (AvgIpc) is 2.74. The lowest BCUT2D eigenvalue weighted by Gasteiger charge is -2.06. The van der Waals surface area contributed by atoms with E-state index in [1.165, 1.54) is 42.7 Å². The molecule has 0 fully saturated rings. The molecule has 0 aliphatic rings. The molecule has 0 bridgehead atoms. The van der Waals surface area contributed by atoms with Crippen LogP contribution in [0.5, 0.6) is 5.75 Å². The van der Waals surface area contributed by atoms with Gasteiger partial charge in [-0.05, 0) is 55.5 Å². The number of carbonyl (C=O) groups excluding carboxylic acids is 1. The van der Waals surface area contributed by atoms with Gasteiger partial charge in [-0.25, -0.2) is 5.43 Å². The Morgan fingerprint density at radius 2 is 1.81 bits per heavy atom. The van der Waals surface area contributed by atoms with Gasteiger partial charge >= 0.3 is 6.18 Å². The first kappa shape index (κ1) is 21.6. The number of phenols is 1. The van der Waals surface area contributed by atoms with E-state index >= 15 is 0 Å². The Balaban J connectivity index is 1.71. The molecule has 0 aliphatic heterocycles. The number of aromatic hydroxyl groups is 1. The standard InChI is InChI=1S/C21H16F3N5O2/c1-13-5-6-14(11-25-13)20(31)29-26-12-15-9-18(7-8-19(15)30)28-27-17-4-2-3-16(10-17)21(22,23)24/h2-12,30H,1H3,(H,29,31)/b26-12-,28-27?. The van der Waals surface area contributed by atoms with Gasteiger partial charge in [0.2, 0.25) is 0 Å². The third-order valence-electron chi connectivity index (χ3n) is 4.01. The smallest absolute Gasteiger partial charge is 0.416 e. The third-order valence-corrected chi connectivity index (χ3v) is 4.01. The summed E-state index contributed by atoms with van der Waals surface area (Å²) in [5, 5.41) is 21.4. The van der Waals surface area contributed by atoms with E-state index in [0.717, 1.165) is 17.8 Å². The minimum absolute atomic E-state index is 0.0251. The molecule has 3 rings (SSSR count). The molecule has 1 amide bonds. The molecule has 0 atom stereocenters. The minimum atomic E-state index is -4.48. The summed E-state index contributed by atoms with van der Waals surface area (Å²) in [6.45, 7) is 1.79. The summed E-state index contributed by atoms with van der Waals surface area (Å²) >= 11 is 0. The predicted molar refractivity (Wildman–Crippen MR) is 108 cm³/mol. The highest BCUT2D eigenvalue weighted by atomic mass is 19.4. The lowest BCUT2D eigenvalue weighted by molar-refractivity contribution is -0.137. The number of pyridine rings is 1. The highest BCUT2D eigenvalue weighted by Crippen LogP contribution is 2.32. The largest absolute Gasteiger partial charge is 0.507 e. The highest BCUT2D eigenvalue weighted by Gasteiger charge is 2.30. The summed E-state index contributed by atoms with van der Waals surface area (Å²) in [5.74, 6) is -0.614. The van der Waals surface area contributed by atoms with Crippen molar-refractivity contribution in [2.75, 3.05) is 0 Å². The number of nitrogens with zero attached hydrogens (tertiary/aromatic N) is 4. The van der Waals surface area contributed by atoms with Gasteiger partial charge in [0.1, 0.15) is 5.75 Å². The highest BCUT2D eigenvalue weighted by molar-refractivity contribution is 5.94. The molecule has 1 heterocycles. The molecule has 2 aromatic carbocycles. The van der Waals surface area contributed by atoms with E-state index in [1.54, 1.807) is 19.1 Å². The second-order valence-corrected chi connectivity index (χ2v) is 6.38. The van der Waals surface area contributed by atoms with Crippen molar-refractivity contribution in [3.63, 3.8) is 0 Å². The fraction of sp³-hybridized carbons (Fsp3) is 0.0952. The van der Waals surface area contributed by atoms with Gasteiger partial charge < -0.3 is 5.11 Å². The second kappa shape index (κ2) is 9.16. The fourth-order valence-electron chi connectivity index (χ4n) is 2.39. The van der Waals surface area contributed by atoms with E-state index in [-0.39, 0.29) is 22.7 Å². The van der Waals surface area contributed by atoms with Crippen LogP contribution in [-0.2, 0) is 6.18 Å². The van der Waals surface area contributed by atoms with Crippen molar-refractivity contribution in [2.45, 2.75) is 13.1 Å². The van der Waals surface area contributed by atoms with E-state index < -0.39 is 17.6 Å². The maximum atomic E-state index is 12.8. The number of hydrogen-bond acceptors (Lipinski definition) is 6. The maximum Gasteiger partial charge on any atom is 0.416 e. The minimum Gasteiger partial charge on any atom is -0.507 e. The van der Waals surface area contributed by atoms with Crippen molar-refractivity contribution >= 4 is 23.5 Å². The van der Waals surface area contributed by atoms with Gasteiger partial charge in [-0.1, -0.05) is 6.07 Å². The zero-order valence-corrected chi connectivity index (χ0v) is 16.1. The molecule has 0 aliphatic carbocycles. The molecule has 3 aromatic rings. The first-order chi connectivity index (χ1) is 14.7. The van der Waals surface area contributed by atoms with Crippen LogP contribution in [0.15, 0.2) is 76.1 Å². The molecule has 31 heavy (non-hydrogen) atoms. The number of azo groups is 1. The molecule has 2 N–H and O–H groups in total. The monoisotopic (exact) mass is 427 g/mol. The van der Waals surface area contributed by atoms with E-state index in [0.29, 0.717) is 5.56 Å². The van der Waals surface area contributed by atoms with Crippen LogP contribution in [0.1, 0.15) is 27.2 Å². The SMILES string of the molecule is Cc1ccc(C(=O)N/N=C\c2cc(N=Nc3cccc(C(F)(F)F)c3)ccc2O)cn1. The van der Waals surface area contributed by atoms with Crippen molar-refractivity contribution in [3.8, 4) is 5.75 Å². The van der Waals surface area contributed by atoms with Crippen molar-refractivity contribution < 1.29 is 23.1 Å². The van der Waals surface area contributed by atoms with Crippen LogP contribution in [0.3, 0.4) is 0 Å². The summed E-state index contributed by atoms with van der Waals surface area (Å²) in [5.41, 5.74) is 3.08. The number of carbonyl (C=O) groups is 1. The molecule has 0 radical (unpaired) electrons. The number of aromatic nitrogens is 1. The van der Waals surface area contributed by atoms with Crippen LogP contribution in [0.2, 0.25) is 0 Å². The number of amides is 1. The Morgan fingerprint density at radius 3 is 2.48 bits per heavy atom. The van der Waals surface area contributed by atoms with Gasteiger partial charge in [-0.2, -0.15) is 28.5 Å². The number of rotatable bonds is 5. The zero-order valence-electron chi connectivity index (χ0n) is 16.1. The van der Waals surface area contributed by atoms with Gasteiger partial charge in [0.05, 0.1) is 28.7 Å². The van der Waals surface area contributed by atoms with Crippen LogP contribution < -0.4 is 5.43 Å². The molecule has 10 heteroatoms. The van der Waals surface area contributed by atoms with Crippen LogP contribution >= 0.6 is 0 Å². The number of halogens is 3. The zero-order chi connectivity index (χ0) is 22.4. The lowest BCUT2D eigenvalue weighted by atomic mass is 10.2. The maximum absolute atomic E-state index is 12.8. The number of hydrogen-bond donors (Lipinski definition) is 2. The summed E-state index contributed by atoms with van der Waals surface area (Å²) in [6, 6.07) is 11.9. The fourth-order valence-corrected chi connectivity index (χ4v) is 2.39. The molecule has 0 saturated heterocycles. The van der Waals surface area contributed by atoms with Crippen molar-refractivity contribution in [1.82, 2.24) is 10.4 Å². The van der Waals surface area contributed by atoms with Crippen molar-refractivity contribution in [2.24, 2.45) is 15.3 Å². The summed E-state index contributed by atoms with van der Waals surface area (Å²) < 4.78 is 38.3. The Labute approximate surface area is 175 Å². The number of hydrazone groups is 1. The van der Waals surface area contributed by atoms with Crippen LogP contribution in [0.4, 0.5) is 24.5 Å². The molecule has 0 spiro atoms. The Kier molecular flexibility index (Phi) is 6.39. The number of benzene rings is 2. The van der Waals surface area contributed by atoms with Gasteiger partial charge in [0.25, 0.3) is 5.91 Å². The first-order valence-electron chi connectivity index (χ1n) is 8.90. The first-order valence-corrected chi connectivity index (χ1v) is 8.90. The predicted octanol–water partition coefficient (Wildman–Crippen LogP) is 5.29. The van der Waals surface area contributed by atoms with E-state index in [2.05, 4.69) is 25.7 Å². The molecule has 0 saturated carbocycles. The summed E-state index contributed by atoms with van der Waals surface area (Å²) in [6.07, 6.45) is -1.86. The molecular formula is C21H16F3N5O2. The summed E-state index contributed by atoms with van der Waals surface area (Å²) in [7, 11) is 0. The summed E-state index contributed by atoms with van der Waals surface area (Å²) in [4.78, 5) is 16.0. The number of alkyl halides is 3. The van der Waals surface area contributed by atoms with Gasteiger partial charge in [0.15, 0.2) is 0 Å². The van der Waals surface area contributed by atoms with Crippen LogP contribution in [0, 0.1) is 6.92 Å². The molecule has 0 unspecified atom stereocenters. The molecule has 1 aromatic heterocycles. The average molecular weight is 427 g/mol. The van der Waals surface area contributed by atoms with Gasteiger partial charge in [-0.15, -0.1) is 0 Å². The van der Waals surface area contributed by atoms with Crippen LogP contribution in [-0.4, -0.2) is 22.2 Å². The Bertz CT molecular complexity index is 1140. The lowest BCUT2D eigenvalue weighted by Crippen LogP contribution is -2.17. The van der Waals surface area contributed by atoms with Crippen LogP contribution in [0.25, 0.3) is 0 Å². The Morgan fingerprint density at radius 1 is 1.06 bits per heavy atom. The van der Waals surface area contributed by atoms with E-state index in [1.807, 2.05) is 0 Å². The number of phenolic OH excluding ortho intramolecular Hbond substituents is 1. The topological polar surface area (TPSA) is 99.3 Å². The second-order valence-electron chi connectivity index (χ2n) is 6.38. The van der Waals surface area contributed by atoms with E-state index in [4.69, 9.17) is 0 Å². The molecule has 158 valence electrons. The van der Waals surface area contributed by atoms with Gasteiger partial charge in [-0.3, -0.25) is 9.78 Å². The molecule has 7 nitrogen and oxygen atoms in total. The molecular weight excluding hydrogens is 411 g/mol. The Hall–Kier alpha value is -4.08. The quantitative estimate of drug-likeness (QED) is 0.329. The normalized spacial score (nSPS) is 11.9. The number of aryl methyl sites for hydroxylation is 1. The van der Waals surface area contributed by atoms with Crippen molar-refractivity contribution in [1.29, 1.82) is 0 Å². The van der Waals surface area contributed by atoms with Crippen molar-refractivity contribution in [3.05, 3.63) is 83.2 Å².